The molecule has 0 aliphatic carbocycles. The lowest BCUT2D eigenvalue weighted by atomic mass is 10.1. The van der Waals surface area contributed by atoms with E-state index in [0.29, 0.717) is 11.6 Å². The zero-order chi connectivity index (χ0) is 16.0. The van der Waals surface area contributed by atoms with Gasteiger partial charge < -0.3 is 4.74 Å². The summed E-state index contributed by atoms with van der Waals surface area (Å²) in [6, 6.07) is 9.92. The Morgan fingerprint density at radius 2 is 2.00 bits per heavy atom. The molecule has 1 saturated heterocycles. The monoisotopic (exact) mass is 331 g/mol. The first-order valence-corrected chi connectivity index (χ1v) is 9.33. The Labute approximate surface area is 135 Å². The molecule has 6 nitrogen and oxygen atoms in total. The molecule has 1 unspecified atom stereocenters. The molecule has 0 saturated carbocycles. The second kappa shape index (κ2) is 5.23. The third-order valence-corrected chi connectivity index (χ3v) is 6.26. The third kappa shape index (κ3) is 2.37. The van der Waals surface area contributed by atoms with E-state index in [0.717, 1.165) is 11.3 Å². The fraction of sp³-hybridized carbons (Fsp3) is 0.250. The van der Waals surface area contributed by atoms with Gasteiger partial charge in [-0.1, -0.05) is 29.8 Å². The normalized spacial score (nSPS) is 23.9. The molecule has 0 bridgehead atoms. The summed E-state index contributed by atoms with van der Waals surface area (Å²) >= 11 is 0. The van der Waals surface area contributed by atoms with Gasteiger partial charge in [0.2, 0.25) is 0 Å². The number of hydrogen-bond donors (Lipinski definition) is 0. The van der Waals surface area contributed by atoms with Crippen molar-refractivity contribution in [3.63, 3.8) is 0 Å². The van der Waals surface area contributed by atoms with Gasteiger partial charge in [0.1, 0.15) is 11.6 Å². The highest BCUT2D eigenvalue weighted by Gasteiger charge is 2.29. The summed E-state index contributed by atoms with van der Waals surface area (Å²) in [5.74, 6) is 0.429. The average molecular weight is 331 g/mol. The van der Waals surface area contributed by atoms with Crippen LogP contribution >= 0.6 is 10.5 Å². The van der Waals surface area contributed by atoms with E-state index >= 15 is 0 Å². The molecular weight excluding hydrogens is 314 g/mol. The van der Waals surface area contributed by atoms with Gasteiger partial charge in [0.25, 0.3) is 0 Å². The third-order valence-electron chi connectivity index (χ3n) is 3.94. The van der Waals surface area contributed by atoms with E-state index in [-0.39, 0.29) is 12.5 Å². The lowest BCUT2D eigenvalue weighted by molar-refractivity contribution is 0.0929. The zero-order valence-corrected chi connectivity index (χ0v) is 13.7. The van der Waals surface area contributed by atoms with Gasteiger partial charge in [0.15, 0.2) is 6.79 Å². The van der Waals surface area contributed by atoms with Crippen LogP contribution in [0.25, 0.3) is 16.9 Å². The van der Waals surface area contributed by atoms with Crippen LogP contribution in [0.15, 0.2) is 47.5 Å². The molecular formula is C16H17N3O3S. The van der Waals surface area contributed by atoms with E-state index in [4.69, 9.17) is 8.92 Å². The Hall–Kier alpha value is -2.09. The zero-order valence-electron chi connectivity index (χ0n) is 12.9. The summed E-state index contributed by atoms with van der Waals surface area (Å²) < 4.78 is 14.1. The van der Waals surface area contributed by atoms with Gasteiger partial charge >= 0.3 is 5.69 Å². The summed E-state index contributed by atoms with van der Waals surface area (Å²) in [6.07, 6.45) is 5.44. The van der Waals surface area contributed by atoms with Crippen molar-refractivity contribution in [2.75, 3.05) is 19.0 Å². The molecule has 3 aromatic rings. The van der Waals surface area contributed by atoms with E-state index in [9.17, 15) is 4.79 Å². The van der Waals surface area contributed by atoms with Crippen molar-refractivity contribution in [1.82, 2.24) is 13.4 Å². The largest absolute Gasteiger partial charge is 0.344 e. The summed E-state index contributed by atoms with van der Waals surface area (Å²) in [4.78, 5) is 17.3. The van der Waals surface area contributed by atoms with Gasteiger partial charge in [-0.15, -0.1) is 0 Å². The summed E-state index contributed by atoms with van der Waals surface area (Å²) in [5.41, 5.74) is 3.43. The molecule has 120 valence electrons. The van der Waals surface area contributed by atoms with Crippen LogP contribution in [0.4, 0.5) is 0 Å². The molecule has 1 fully saturated rings. The molecule has 0 amide bonds. The van der Waals surface area contributed by atoms with Crippen LogP contribution in [-0.2, 0) is 8.92 Å². The van der Waals surface area contributed by atoms with Gasteiger partial charge in [-0.05, 0) is 23.5 Å². The first-order valence-electron chi connectivity index (χ1n) is 7.23. The van der Waals surface area contributed by atoms with E-state index in [1.807, 2.05) is 43.5 Å². The molecule has 0 spiro atoms. The van der Waals surface area contributed by atoms with E-state index in [1.54, 1.807) is 20.8 Å². The maximum atomic E-state index is 12.8. The van der Waals surface area contributed by atoms with Crippen molar-refractivity contribution in [2.45, 2.75) is 6.92 Å². The Morgan fingerprint density at radius 3 is 2.70 bits per heavy atom. The van der Waals surface area contributed by atoms with Crippen molar-refractivity contribution in [3.05, 3.63) is 58.8 Å². The molecule has 1 atom stereocenters. The number of benzene rings is 1. The fourth-order valence-electron chi connectivity index (χ4n) is 2.60. The van der Waals surface area contributed by atoms with Gasteiger partial charge in [0.05, 0.1) is 5.69 Å². The molecule has 1 aromatic carbocycles. The highest BCUT2D eigenvalue weighted by atomic mass is 32.3. The van der Waals surface area contributed by atoms with Crippen molar-refractivity contribution < 1.29 is 8.92 Å². The van der Waals surface area contributed by atoms with Crippen molar-refractivity contribution in [1.29, 1.82) is 0 Å². The van der Waals surface area contributed by atoms with Gasteiger partial charge in [0, 0.05) is 24.2 Å². The van der Waals surface area contributed by atoms with Crippen molar-refractivity contribution >= 4 is 16.1 Å². The quantitative estimate of drug-likeness (QED) is 0.724. The molecule has 7 heteroatoms. The average Bonchev–Trinajstić information content (AvgIpc) is 3.16. The van der Waals surface area contributed by atoms with E-state index in [1.165, 1.54) is 5.56 Å². The van der Waals surface area contributed by atoms with Crippen LogP contribution in [0.5, 0.6) is 0 Å². The van der Waals surface area contributed by atoms with Crippen molar-refractivity contribution in [3.8, 4) is 11.3 Å². The Balaban J connectivity index is 1.85. The molecule has 3 heterocycles. The molecule has 1 aliphatic rings. The number of hydrogen-bond acceptors (Lipinski definition) is 4. The minimum absolute atomic E-state index is 0.156. The minimum Gasteiger partial charge on any atom is -0.341 e. The minimum atomic E-state index is -1.73. The second-order valence-corrected chi connectivity index (χ2v) is 8.45. The number of rotatable bonds is 2. The second-order valence-electron chi connectivity index (χ2n) is 5.66. The maximum Gasteiger partial charge on any atom is 0.344 e. The van der Waals surface area contributed by atoms with Crippen LogP contribution in [0.1, 0.15) is 5.56 Å². The lowest BCUT2D eigenvalue weighted by Crippen LogP contribution is -2.29. The molecule has 0 N–H and O–H groups in total. The number of nitrogens with zero attached hydrogens (tertiary/aromatic N) is 3. The van der Waals surface area contributed by atoms with Gasteiger partial charge in [-0.2, -0.15) is 0 Å². The predicted molar refractivity (Wildman–Crippen MR) is 90.4 cm³/mol. The molecule has 1 aliphatic heterocycles. The summed E-state index contributed by atoms with van der Waals surface area (Å²) in [7, 11) is -1.73. The predicted octanol–water partition coefficient (Wildman–Crippen LogP) is 2.55. The van der Waals surface area contributed by atoms with Crippen LogP contribution in [0, 0.1) is 6.92 Å². The molecule has 2 aromatic heterocycles. The first-order chi connectivity index (χ1) is 11.1. The molecule has 4 rings (SSSR count). The number of aryl methyl sites for hydroxylation is 1. The number of imidazole rings is 1. The topological polar surface area (TPSA) is 57.8 Å². The molecule has 0 radical (unpaired) electrons. The maximum absolute atomic E-state index is 12.8. The molecule has 23 heavy (non-hydrogen) atoms. The Kier molecular flexibility index (Phi) is 3.29. The van der Waals surface area contributed by atoms with E-state index < -0.39 is 10.5 Å². The highest BCUT2D eigenvalue weighted by Crippen LogP contribution is 2.48. The van der Waals surface area contributed by atoms with Crippen LogP contribution in [0.2, 0.25) is 0 Å². The smallest absolute Gasteiger partial charge is 0.341 e. The van der Waals surface area contributed by atoms with Gasteiger partial charge in [-0.25, -0.2) is 18.2 Å². The standard InChI is InChI=1S/C16H17N3O3S/c1-12-3-5-13(6-4-12)14-9-18-15(17-14)7-8-19(16(18)20)23(2)11-21-10-22-23/h3-9H,10-11H2,1-2H3. The first kappa shape index (κ1) is 14.5. The van der Waals surface area contributed by atoms with E-state index in [2.05, 4.69) is 4.98 Å². The lowest BCUT2D eigenvalue weighted by Gasteiger charge is -2.28. The number of fused-ring (bicyclic) bond motifs is 1. The summed E-state index contributed by atoms with van der Waals surface area (Å²) in [5, 5.41) is 0. The van der Waals surface area contributed by atoms with Crippen molar-refractivity contribution in [2.24, 2.45) is 0 Å². The fourth-order valence-corrected chi connectivity index (χ4v) is 4.29. The highest BCUT2D eigenvalue weighted by molar-refractivity contribution is 8.28. The Bertz CT molecular complexity index is 924. The van der Waals surface area contributed by atoms with Gasteiger partial charge in [-0.3, -0.25) is 4.18 Å². The summed E-state index contributed by atoms with van der Waals surface area (Å²) in [6.45, 7) is 2.27. The number of aromatic nitrogens is 3. The van der Waals surface area contributed by atoms with Crippen LogP contribution in [0.3, 0.4) is 0 Å². The van der Waals surface area contributed by atoms with Crippen LogP contribution in [-0.4, -0.2) is 32.3 Å². The van der Waals surface area contributed by atoms with Crippen LogP contribution < -0.4 is 5.69 Å². The Morgan fingerprint density at radius 1 is 1.22 bits per heavy atom. The number of ether oxygens (including phenoxy) is 1. The SMILES string of the molecule is Cc1ccc(-c2cn3c(=O)n(S4(C)COCO4)ccc3n2)cc1.